The number of hydrogen-bond acceptors (Lipinski definition) is 3. The van der Waals surface area contributed by atoms with Gasteiger partial charge in [-0.15, -0.1) is 0 Å². The van der Waals surface area contributed by atoms with Crippen LogP contribution in [0.25, 0.3) is 0 Å². The summed E-state index contributed by atoms with van der Waals surface area (Å²) in [5.74, 6) is 0.831. The molecule has 0 heterocycles. The van der Waals surface area contributed by atoms with E-state index in [1.165, 1.54) is 12.8 Å². The first-order chi connectivity index (χ1) is 7.63. The molecule has 3 unspecified atom stereocenters. The molecule has 1 rings (SSSR count). The van der Waals surface area contributed by atoms with Crippen molar-refractivity contribution >= 4 is 5.91 Å². The monoisotopic (exact) mass is 228 g/mol. The molecule has 4 heteroatoms. The summed E-state index contributed by atoms with van der Waals surface area (Å²) in [7, 11) is 0. The second-order valence-electron chi connectivity index (χ2n) is 4.97. The van der Waals surface area contributed by atoms with Crippen molar-refractivity contribution in [3.63, 3.8) is 0 Å². The quantitative estimate of drug-likeness (QED) is 0.646. The molecule has 94 valence electrons. The first-order valence-corrected chi connectivity index (χ1v) is 6.26. The van der Waals surface area contributed by atoms with Gasteiger partial charge in [0.15, 0.2) is 0 Å². The third-order valence-electron chi connectivity index (χ3n) is 3.37. The fourth-order valence-corrected chi connectivity index (χ4v) is 2.40. The van der Waals surface area contributed by atoms with Crippen LogP contribution in [0.5, 0.6) is 0 Å². The molecule has 0 aromatic carbocycles. The van der Waals surface area contributed by atoms with Gasteiger partial charge in [-0.3, -0.25) is 4.79 Å². The number of aliphatic hydroxyl groups excluding tert-OH is 1. The molecule has 0 spiro atoms. The third-order valence-corrected chi connectivity index (χ3v) is 3.37. The lowest BCUT2D eigenvalue weighted by Gasteiger charge is -2.30. The lowest BCUT2D eigenvalue weighted by atomic mass is 9.79. The van der Waals surface area contributed by atoms with E-state index in [2.05, 4.69) is 5.32 Å². The average Bonchev–Trinajstić information content (AvgIpc) is 2.26. The molecule has 0 bridgehead atoms. The van der Waals surface area contributed by atoms with Gasteiger partial charge in [-0.05, 0) is 31.6 Å². The van der Waals surface area contributed by atoms with Crippen LogP contribution in [0.2, 0.25) is 0 Å². The van der Waals surface area contributed by atoms with E-state index in [0.717, 1.165) is 12.8 Å². The zero-order valence-electron chi connectivity index (χ0n) is 10.1. The number of nitrogens with one attached hydrogen (secondary N) is 1. The van der Waals surface area contributed by atoms with Crippen LogP contribution in [0.1, 0.15) is 39.0 Å². The molecule has 4 nitrogen and oxygen atoms in total. The van der Waals surface area contributed by atoms with E-state index in [9.17, 15) is 9.90 Å². The van der Waals surface area contributed by atoms with Gasteiger partial charge in [0.25, 0.3) is 0 Å². The standard InChI is InChI=1S/C12H24N2O2/c1-9(13)6-12(16)14-7-10-4-2-3-5-11(10)8-15/h9-11,15H,2-8,13H2,1H3,(H,14,16). The summed E-state index contributed by atoms with van der Waals surface area (Å²) in [5, 5.41) is 12.2. The van der Waals surface area contributed by atoms with E-state index in [1.54, 1.807) is 0 Å². The fraction of sp³-hybridized carbons (Fsp3) is 0.917. The van der Waals surface area contributed by atoms with Crippen molar-refractivity contribution in [1.29, 1.82) is 0 Å². The van der Waals surface area contributed by atoms with E-state index in [1.807, 2.05) is 6.92 Å². The summed E-state index contributed by atoms with van der Waals surface area (Å²) in [6.45, 7) is 2.77. The van der Waals surface area contributed by atoms with Crippen LogP contribution in [0, 0.1) is 11.8 Å². The molecule has 4 N–H and O–H groups in total. The Labute approximate surface area is 97.6 Å². The average molecular weight is 228 g/mol. The van der Waals surface area contributed by atoms with E-state index < -0.39 is 0 Å². The van der Waals surface area contributed by atoms with Crippen LogP contribution in [0.4, 0.5) is 0 Å². The summed E-state index contributed by atoms with van der Waals surface area (Å²) in [4.78, 5) is 11.4. The molecule has 1 aliphatic carbocycles. The van der Waals surface area contributed by atoms with Gasteiger partial charge >= 0.3 is 0 Å². The van der Waals surface area contributed by atoms with E-state index in [4.69, 9.17) is 5.73 Å². The smallest absolute Gasteiger partial charge is 0.221 e. The third kappa shape index (κ3) is 4.49. The highest BCUT2D eigenvalue weighted by atomic mass is 16.3. The topological polar surface area (TPSA) is 75.4 Å². The SMILES string of the molecule is CC(N)CC(=O)NCC1CCCCC1CO. The van der Waals surface area contributed by atoms with Crippen LogP contribution in [0.3, 0.4) is 0 Å². The Balaban J connectivity index is 2.27. The number of carbonyl (C=O) groups excluding carboxylic acids is 1. The van der Waals surface area contributed by atoms with Gasteiger partial charge in [0.1, 0.15) is 0 Å². The predicted molar refractivity (Wildman–Crippen MR) is 63.8 cm³/mol. The van der Waals surface area contributed by atoms with E-state index in [0.29, 0.717) is 24.8 Å². The van der Waals surface area contributed by atoms with Crippen molar-refractivity contribution in [2.24, 2.45) is 17.6 Å². The van der Waals surface area contributed by atoms with Crippen LogP contribution >= 0.6 is 0 Å². The van der Waals surface area contributed by atoms with Crippen LogP contribution in [-0.4, -0.2) is 30.2 Å². The van der Waals surface area contributed by atoms with Gasteiger partial charge in [-0.1, -0.05) is 12.8 Å². The van der Waals surface area contributed by atoms with Crippen molar-refractivity contribution in [2.75, 3.05) is 13.2 Å². The molecule has 16 heavy (non-hydrogen) atoms. The number of nitrogens with two attached hydrogens (primary N) is 1. The second kappa shape index (κ2) is 6.86. The maximum absolute atomic E-state index is 11.4. The Morgan fingerprint density at radius 1 is 1.44 bits per heavy atom. The predicted octanol–water partition coefficient (Wildman–Crippen LogP) is 0.639. The molecule has 1 saturated carbocycles. The molecule has 1 aliphatic rings. The lowest BCUT2D eigenvalue weighted by Crippen LogP contribution is -2.37. The summed E-state index contributed by atoms with van der Waals surface area (Å²) in [6.07, 6.45) is 5.00. The highest BCUT2D eigenvalue weighted by Gasteiger charge is 2.24. The number of rotatable bonds is 5. The molecule has 0 aromatic heterocycles. The van der Waals surface area contributed by atoms with Crippen molar-refractivity contribution in [2.45, 2.75) is 45.1 Å². The minimum absolute atomic E-state index is 0.0252. The second-order valence-corrected chi connectivity index (χ2v) is 4.97. The first-order valence-electron chi connectivity index (χ1n) is 6.26. The summed E-state index contributed by atoms with van der Waals surface area (Å²) in [6, 6.07) is -0.0833. The van der Waals surface area contributed by atoms with Gasteiger partial charge in [0.05, 0.1) is 0 Å². The highest BCUT2D eigenvalue weighted by Crippen LogP contribution is 2.28. The molecule has 1 fully saturated rings. The molecule has 0 aromatic rings. The van der Waals surface area contributed by atoms with Crippen molar-refractivity contribution in [3.8, 4) is 0 Å². The summed E-state index contributed by atoms with van der Waals surface area (Å²) in [5.41, 5.74) is 5.55. The zero-order valence-corrected chi connectivity index (χ0v) is 10.1. The van der Waals surface area contributed by atoms with Crippen molar-refractivity contribution in [1.82, 2.24) is 5.32 Å². The van der Waals surface area contributed by atoms with Gasteiger partial charge < -0.3 is 16.2 Å². The molecule has 0 saturated heterocycles. The molecule has 0 radical (unpaired) electrons. The molecule has 0 aliphatic heterocycles. The maximum Gasteiger partial charge on any atom is 0.221 e. The van der Waals surface area contributed by atoms with E-state index >= 15 is 0 Å². The maximum atomic E-state index is 11.4. The van der Waals surface area contributed by atoms with Gasteiger partial charge in [-0.2, -0.15) is 0 Å². The minimum Gasteiger partial charge on any atom is -0.396 e. The molecule has 1 amide bonds. The van der Waals surface area contributed by atoms with Gasteiger partial charge in [-0.25, -0.2) is 0 Å². The Morgan fingerprint density at radius 3 is 2.62 bits per heavy atom. The number of hydrogen-bond donors (Lipinski definition) is 3. The highest BCUT2D eigenvalue weighted by molar-refractivity contribution is 5.76. The molecule has 3 atom stereocenters. The molecular formula is C12H24N2O2. The Bertz CT molecular complexity index is 219. The van der Waals surface area contributed by atoms with Gasteiger partial charge in [0.2, 0.25) is 5.91 Å². The lowest BCUT2D eigenvalue weighted by molar-refractivity contribution is -0.121. The van der Waals surface area contributed by atoms with Crippen LogP contribution < -0.4 is 11.1 Å². The van der Waals surface area contributed by atoms with Crippen LogP contribution in [-0.2, 0) is 4.79 Å². The first kappa shape index (κ1) is 13.5. The zero-order chi connectivity index (χ0) is 12.0. The van der Waals surface area contributed by atoms with E-state index in [-0.39, 0.29) is 18.6 Å². The Kier molecular flexibility index (Phi) is 5.77. The largest absolute Gasteiger partial charge is 0.396 e. The fourth-order valence-electron chi connectivity index (χ4n) is 2.40. The number of aliphatic hydroxyl groups is 1. The Hall–Kier alpha value is -0.610. The van der Waals surface area contributed by atoms with Crippen molar-refractivity contribution in [3.05, 3.63) is 0 Å². The number of carbonyl (C=O) groups is 1. The molecular weight excluding hydrogens is 204 g/mol. The minimum atomic E-state index is -0.0833. The summed E-state index contributed by atoms with van der Waals surface area (Å²) >= 11 is 0. The Morgan fingerprint density at radius 2 is 2.06 bits per heavy atom. The summed E-state index contributed by atoms with van der Waals surface area (Å²) < 4.78 is 0. The normalized spacial score (nSPS) is 27.4. The number of amides is 1. The van der Waals surface area contributed by atoms with Crippen molar-refractivity contribution < 1.29 is 9.90 Å². The van der Waals surface area contributed by atoms with Crippen LogP contribution in [0.15, 0.2) is 0 Å². The van der Waals surface area contributed by atoms with Gasteiger partial charge in [0, 0.05) is 25.6 Å².